The Morgan fingerprint density at radius 2 is 2.40 bits per heavy atom. The van der Waals surface area contributed by atoms with Crippen molar-refractivity contribution in [2.24, 2.45) is 5.73 Å². The number of nitrogens with two attached hydrogens (primary N) is 1. The first kappa shape index (κ1) is 10.6. The summed E-state index contributed by atoms with van der Waals surface area (Å²) in [4.78, 5) is 0. The van der Waals surface area contributed by atoms with Gasteiger partial charge in [0, 0.05) is 6.61 Å². The summed E-state index contributed by atoms with van der Waals surface area (Å²) in [6, 6.07) is 4.62. The SMILES string of the molecule is NCCCOB1OCc2cc(F)ccc21. The number of halogens is 1. The van der Waals surface area contributed by atoms with Gasteiger partial charge in [-0.25, -0.2) is 4.39 Å². The minimum atomic E-state index is -0.354. The van der Waals surface area contributed by atoms with Gasteiger partial charge in [0.05, 0.1) is 6.61 Å². The molecule has 0 amide bonds. The van der Waals surface area contributed by atoms with Gasteiger partial charge in [0.2, 0.25) is 0 Å². The second kappa shape index (κ2) is 4.74. The average Bonchev–Trinajstić information content (AvgIpc) is 2.61. The predicted molar refractivity (Wildman–Crippen MR) is 56.2 cm³/mol. The molecule has 2 N–H and O–H groups in total. The molecule has 0 aromatic heterocycles. The van der Waals surface area contributed by atoms with E-state index in [1.807, 2.05) is 0 Å². The summed E-state index contributed by atoms with van der Waals surface area (Å²) < 4.78 is 23.8. The fourth-order valence-corrected chi connectivity index (χ4v) is 1.60. The lowest BCUT2D eigenvalue weighted by Crippen LogP contribution is -2.32. The van der Waals surface area contributed by atoms with Gasteiger partial charge in [0.15, 0.2) is 0 Å². The summed E-state index contributed by atoms with van der Waals surface area (Å²) in [5, 5.41) is 0. The van der Waals surface area contributed by atoms with Gasteiger partial charge >= 0.3 is 7.12 Å². The molecular formula is C10H13BFNO2. The maximum atomic E-state index is 12.9. The zero-order chi connectivity index (χ0) is 10.7. The van der Waals surface area contributed by atoms with Gasteiger partial charge in [0.25, 0.3) is 0 Å². The normalized spacial score (nSPS) is 14.4. The Balaban J connectivity index is 2.02. The largest absolute Gasteiger partial charge is 0.494 e. The molecule has 0 bridgehead atoms. The molecular weight excluding hydrogens is 196 g/mol. The number of rotatable bonds is 4. The third-order valence-electron chi connectivity index (χ3n) is 2.37. The Morgan fingerprint density at radius 3 is 3.20 bits per heavy atom. The van der Waals surface area contributed by atoms with Crippen molar-refractivity contribution in [1.82, 2.24) is 0 Å². The maximum Gasteiger partial charge on any atom is 0.494 e. The van der Waals surface area contributed by atoms with E-state index in [4.69, 9.17) is 15.0 Å². The van der Waals surface area contributed by atoms with Gasteiger partial charge in [-0.3, -0.25) is 0 Å². The number of benzene rings is 1. The van der Waals surface area contributed by atoms with E-state index < -0.39 is 0 Å². The van der Waals surface area contributed by atoms with E-state index in [0.29, 0.717) is 19.8 Å². The predicted octanol–water partition coefficient (Wildman–Crippen LogP) is 0.416. The van der Waals surface area contributed by atoms with E-state index in [2.05, 4.69) is 0 Å². The van der Waals surface area contributed by atoms with Crippen LogP contribution in [0, 0.1) is 5.82 Å². The van der Waals surface area contributed by atoms with Crippen LogP contribution in [0.3, 0.4) is 0 Å². The minimum Gasteiger partial charge on any atom is -0.407 e. The van der Waals surface area contributed by atoms with Crippen molar-refractivity contribution in [2.45, 2.75) is 13.0 Å². The van der Waals surface area contributed by atoms with E-state index >= 15 is 0 Å². The second-order valence-corrected chi connectivity index (χ2v) is 3.50. The lowest BCUT2D eigenvalue weighted by atomic mass is 9.79. The van der Waals surface area contributed by atoms with Crippen LogP contribution in [0.15, 0.2) is 18.2 Å². The zero-order valence-corrected chi connectivity index (χ0v) is 8.41. The highest BCUT2D eigenvalue weighted by Gasteiger charge is 2.30. The summed E-state index contributed by atoms with van der Waals surface area (Å²) in [5.74, 6) is -0.236. The molecule has 0 unspecified atom stereocenters. The molecule has 3 nitrogen and oxygen atoms in total. The smallest absolute Gasteiger partial charge is 0.407 e. The third-order valence-corrected chi connectivity index (χ3v) is 2.37. The molecule has 0 radical (unpaired) electrons. The first-order chi connectivity index (χ1) is 7.31. The van der Waals surface area contributed by atoms with Crippen LogP contribution in [0.1, 0.15) is 12.0 Å². The molecule has 0 saturated heterocycles. The van der Waals surface area contributed by atoms with Crippen LogP contribution in [-0.2, 0) is 15.9 Å². The molecule has 1 aromatic carbocycles. The summed E-state index contributed by atoms with van der Waals surface area (Å²) in [6.45, 7) is 1.58. The summed E-state index contributed by atoms with van der Waals surface area (Å²) in [5.41, 5.74) is 7.15. The second-order valence-electron chi connectivity index (χ2n) is 3.50. The Labute approximate surface area is 88.5 Å². The fraction of sp³-hybridized carbons (Fsp3) is 0.400. The van der Waals surface area contributed by atoms with E-state index in [1.54, 1.807) is 6.07 Å². The van der Waals surface area contributed by atoms with Crippen molar-refractivity contribution in [3.63, 3.8) is 0 Å². The number of hydrogen-bond donors (Lipinski definition) is 1. The van der Waals surface area contributed by atoms with E-state index in [-0.39, 0.29) is 12.9 Å². The first-order valence-electron chi connectivity index (χ1n) is 5.03. The molecule has 1 aliphatic rings. The van der Waals surface area contributed by atoms with Gasteiger partial charge in [0.1, 0.15) is 5.82 Å². The molecule has 0 aliphatic carbocycles. The molecule has 0 atom stereocenters. The van der Waals surface area contributed by atoms with Crippen LogP contribution in [0.5, 0.6) is 0 Å². The van der Waals surface area contributed by atoms with Crippen LogP contribution in [0.2, 0.25) is 0 Å². The lowest BCUT2D eigenvalue weighted by Gasteiger charge is -2.07. The van der Waals surface area contributed by atoms with Gasteiger partial charge in [-0.15, -0.1) is 0 Å². The van der Waals surface area contributed by atoms with Crippen LogP contribution >= 0.6 is 0 Å². The zero-order valence-electron chi connectivity index (χ0n) is 8.41. The van der Waals surface area contributed by atoms with Crippen LogP contribution in [0.25, 0.3) is 0 Å². The van der Waals surface area contributed by atoms with Crippen molar-refractivity contribution in [3.05, 3.63) is 29.6 Å². The van der Waals surface area contributed by atoms with Crippen LogP contribution in [0.4, 0.5) is 4.39 Å². The Morgan fingerprint density at radius 1 is 1.53 bits per heavy atom. The molecule has 5 heteroatoms. The van der Waals surface area contributed by atoms with Gasteiger partial charge < -0.3 is 15.0 Å². The van der Waals surface area contributed by atoms with Crippen molar-refractivity contribution in [1.29, 1.82) is 0 Å². The number of hydrogen-bond acceptors (Lipinski definition) is 3. The fourth-order valence-electron chi connectivity index (χ4n) is 1.60. The van der Waals surface area contributed by atoms with Crippen LogP contribution < -0.4 is 11.2 Å². The standard InChI is InChI=1S/C10H13BFNO2/c12-9-2-3-10-8(6-9)7-15-11(10)14-5-1-4-13/h2-3,6H,1,4-5,7,13H2. The Kier molecular flexibility index (Phi) is 3.35. The monoisotopic (exact) mass is 209 g/mol. The van der Waals surface area contributed by atoms with Gasteiger partial charge in [-0.1, -0.05) is 6.07 Å². The molecule has 1 aromatic rings. The molecule has 15 heavy (non-hydrogen) atoms. The third kappa shape index (κ3) is 2.37. The Hall–Kier alpha value is -0.905. The average molecular weight is 209 g/mol. The van der Waals surface area contributed by atoms with Crippen molar-refractivity contribution >= 4 is 12.6 Å². The molecule has 1 heterocycles. The minimum absolute atomic E-state index is 0.236. The first-order valence-corrected chi connectivity index (χ1v) is 5.03. The topological polar surface area (TPSA) is 44.5 Å². The summed E-state index contributed by atoms with van der Waals surface area (Å²) in [6.07, 6.45) is 0.802. The Bertz CT molecular complexity index is 348. The highest BCUT2D eigenvalue weighted by atomic mass is 19.1. The van der Waals surface area contributed by atoms with Crippen LogP contribution in [-0.4, -0.2) is 20.3 Å². The lowest BCUT2D eigenvalue weighted by molar-refractivity contribution is 0.210. The molecule has 80 valence electrons. The van der Waals surface area contributed by atoms with Crippen molar-refractivity contribution < 1.29 is 13.7 Å². The van der Waals surface area contributed by atoms with Crippen molar-refractivity contribution in [3.8, 4) is 0 Å². The molecule has 2 rings (SSSR count). The highest BCUT2D eigenvalue weighted by Crippen LogP contribution is 2.12. The maximum absolute atomic E-state index is 12.9. The van der Waals surface area contributed by atoms with Gasteiger partial charge in [-0.2, -0.15) is 0 Å². The molecule has 0 spiro atoms. The quantitative estimate of drug-likeness (QED) is 0.577. The van der Waals surface area contributed by atoms with Crippen molar-refractivity contribution in [2.75, 3.05) is 13.2 Å². The van der Waals surface area contributed by atoms with E-state index in [9.17, 15) is 4.39 Å². The van der Waals surface area contributed by atoms with Gasteiger partial charge in [-0.05, 0) is 36.1 Å². The number of fused-ring (bicyclic) bond motifs is 1. The summed E-state index contributed by atoms with van der Waals surface area (Å²) in [7, 11) is -0.354. The molecule has 1 aliphatic heterocycles. The van der Waals surface area contributed by atoms with E-state index in [0.717, 1.165) is 17.4 Å². The highest BCUT2D eigenvalue weighted by molar-refractivity contribution is 6.62. The molecule has 0 saturated carbocycles. The molecule has 0 fully saturated rings. The van der Waals surface area contributed by atoms with E-state index in [1.165, 1.54) is 12.1 Å². The summed E-state index contributed by atoms with van der Waals surface area (Å²) >= 11 is 0.